The van der Waals surface area contributed by atoms with Gasteiger partial charge in [-0.1, -0.05) is 18.0 Å². The molecule has 2 saturated heterocycles. The van der Waals surface area contributed by atoms with Crippen LogP contribution in [0.5, 0.6) is 0 Å². The molecule has 0 saturated carbocycles. The fourth-order valence-corrected chi connectivity index (χ4v) is 4.28. The van der Waals surface area contributed by atoms with Gasteiger partial charge in [-0.15, -0.1) is 0 Å². The molecule has 2 aliphatic heterocycles. The minimum absolute atomic E-state index is 0.0724. The molecule has 0 radical (unpaired) electrons. The number of hydrogen-bond donors (Lipinski definition) is 0. The van der Waals surface area contributed by atoms with Crippen molar-refractivity contribution in [3.05, 3.63) is 24.2 Å². The zero-order valence-electron chi connectivity index (χ0n) is 17.8. The molecule has 8 heteroatoms. The lowest BCUT2D eigenvalue weighted by Crippen LogP contribution is -2.39. The van der Waals surface area contributed by atoms with E-state index >= 15 is 0 Å². The predicted molar refractivity (Wildman–Crippen MR) is 113 cm³/mol. The molecule has 0 amide bonds. The Bertz CT molecular complexity index is 814. The molecule has 2 aliphatic rings. The normalized spacial score (nSPS) is 20.7. The van der Waals surface area contributed by atoms with Crippen LogP contribution in [0.4, 0.5) is 5.82 Å². The van der Waals surface area contributed by atoms with E-state index in [4.69, 9.17) is 9.26 Å². The zero-order valence-corrected chi connectivity index (χ0v) is 17.8. The van der Waals surface area contributed by atoms with Crippen LogP contribution >= 0.6 is 0 Å². The largest absolute Gasteiger partial charge is 0.466 e. The quantitative estimate of drug-likeness (QED) is 0.667. The van der Waals surface area contributed by atoms with Crippen LogP contribution in [-0.2, 0) is 16.1 Å². The molecule has 0 aromatic carbocycles. The van der Waals surface area contributed by atoms with E-state index in [1.165, 1.54) is 25.7 Å². The number of esters is 1. The lowest BCUT2D eigenvalue weighted by atomic mass is 9.98. The molecule has 0 N–H and O–H groups in total. The van der Waals surface area contributed by atoms with E-state index in [9.17, 15) is 4.79 Å². The molecule has 0 spiro atoms. The number of piperidine rings is 1. The molecule has 4 heterocycles. The van der Waals surface area contributed by atoms with Crippen molar-refractivity contribution >= 4 is 11.8 Å². The summed E-state index contributed by atoms with van der Waals surface area (Å²) in [6.45, 7) is 6.54. The lowest BCUT2D eigenvalue weighted by Gasteiger charge is -2.30. The molecule has 1 unspecified atom stereocenters. The maximum absolute atomic E-state index is 12.0. The number of hydrogen-bond acceptors (Lipinski definition) is 8. The fourth-order valence-electron chi connectivity index (χ4n) is 4.28. The molecule has 2 fully saturated rings. The minimum Gasteiger partial charge on any atom is -0.466 e. The van der Waals surface area contributed by atoms with Crippen molar-refractivity contribution < 1.29 is 14.1 Å². The van der Waals surface area contributed by atoms with Gasteiger partial charge in [0.2, 0.25) is 11.7 Å². The third-order valence-corrected chi connectivity index (χ3v) is 5.89. The van der Waals surface area contributed by atoms with Gasteiger partial charge < -0.3 is 14.2 Å². The summed E-state index contributed by atoms with van der Waals surface area (Å²) in [5.41, 5.74) is 0.853. The van der Waals surface area contributed by atoms with Crippen LogP contribution in [0.2, 0.25) is 0 Å². The minimum atomic E-state index is -0.107. The Morgan fingerprint density at radius 3 is 2.73 bits per heavy atom. The van der Waals surface area contributed by atoms with Crippen molar-refractivity contribution in [1.82, 2.24) is 20.0 Å². The van der Waals surface area contributed by atoms with Crippen molar-refractivity contribution in [3.8, 4) is 11.4 Å². The van der Waals surface area contributed by atoms with E-state index in [2.05, 4.69) is 24.9 Å². The predicted octanol–water partition coefficient (Wildman–Crippen LogP) is 3.29. The van der Waals surface area contributed by atoms with Gasteiger partial charge in [0.1, 0.15) is 5.82 Å². The number of ether oxygens (including phenoxy) is 1. The van der Waals surface area contributed by atoms with E-state index in [1.807, 2.05) is 25.3 Å². The van der Waals surface area contributed by atoms with Crippen molar-refractivity contribution in [1.29, 1.82) is 0 Å². The summed E-state index contributed by atoms with van der Waals surface area (Å²) in [5.74, 6) is 1.95. The molecule has 2 aromatic rings. The van der Waals surface area contributed by atoms with Crippen LogP contribution in [0, 0.1) is 5.92 Å². The van der Waals surface area contributed by atoms with Crippen molar-refractivity contribution in [2.45, 2.75) is 52.0 Å². The molecule has 8 nitrogen and oxygen atoms in total. The van der Waals surface area contributed by atoms with Crippen LogP contribution in [-0.4, -0.2) is 58.8 Å². The standard InChI is InChI=1S/C22H31N5O3/c1-2-29-22(28)18-8-7-11-26(15-18)16-20-24-21(25-30-20)17-9-10-19(23-14-17)27-12-5-3-4-6-13-27/h9-10,14,18H,2-8,11-13,15-16H2,1H3. The molecular formula is C22H31N5O3. The second-order valence-electron chi connectivity index (χ2n) is 8.14. The number of carbonyl (C=O) groups is 1. The average molecular weight is 414 g/mol. The van der Waals surface area contributed by atoms with Gasteiger partial charge >= 0.3 is 5.97 Å². The number of aromatic nitrogens is 3. The van der Waals surface area contributed by atoms with Gasteiger partial charge in [-0.3, -0.25) is 9.69 Å². The van der Waals surface area contributed by atoms with Gasteiger partial charge in [0.05, 0.1) is 19.1 Å². The Balaban J connectivity index is 1.36. The summed E-state index contributed by atoms with van der Waals surface area (Å²) in [6.07, 6.45) is 8.73. The third kappa shape index (κ3) is 5.16. The Kier molecular flexibility index (Phi) is 6.94. The van der Waals surface area contributed by atoms with Gasteiger partial charge in [-0.05, 0) is 51.3 Å². The maximum Gasteiger partial charge on any atom is 0.310 e. The van der Waals surface area contributed by atoms with E-state index in [1.54, 1.807) is 0 Å². The summed E-state index contributed by atoms with van der Waals surface area (Å²) in [7, 11) is 0. The van der Waals surface area contributed by atoms with Gasteiger partial charge in [-0.25, -0.2) is 4.98 Å². The van der Waals surface area contributed by atoms with Crippen LogP contribution in [0.3, 0.4) is 0 Å². The molecule has 30 heavy (non-hydrogen) atoms. The van der Waals surface area contributed by atoms with Crippen molar-refractivity contribution in [2.75, 3.05) is 37.7 Å². The van der Waals surface area contributed by atoms with Crippen LogP contribution in [0.25, 0.3) is 11.4 Å². The van der Waals surface area contributed by atoms with E-state index < -0.39 is 0 Å². The SMILES string of the molecule is CCOC(=O)C1CCCN(Cc2nc(-c3ccc(N4CCCCCC4)nc3)no2)C1. The number of likely N-dealkylation sites (tertiary alicyclic amines) is 1. The second kappa shape index (κ2) is 10.0. The van der Waals surface area contributed by atoms with Crippen LogP contribution in [0.1, 0.15) is 51.3 Å². The highest BCUT2D eigenvalue weighted by molar-refractivity contribution is 5.72. The fraction of sp³-hybridized carbons (Fsp3) is 0.636. The van der Waals surface area contributed by atoms with Gasteiger partial charge in [0.25, 0.3) is 0 Å². The maximum atomic E-state index is 12.0. The smallest absolute Gasteiger partial charge is 0.310 e. The highest BCUT2D eigenvalue weighted by Gasteiger charge is 2.27. The van der Waals surface area contributed by atoms with Gasteiger partial charge in [-0.2, -0.15) is 4.98 Å². The Morgan fingerprint density at radius 1 is 1.17 bits per heavy atom. The van der Waals surface area contributed by atoms with Crippen molar-refractivity contribution in [3.63, 3.8) is 0 Å². The summed E-state index contributed by atoms with van der Waals surface area (Å²) >= 11 is 0. The average Bonchev–Trinajstić information content (AvgIpc) is 3.06. The van der Waals surface area contributed by atoms with Crippen LogP contribution < -0.4 is 4.90 Å². The first-order valence-electron chi connectivity index (χ1n) is 11.2. The molecule has 1 atom stereocenters. The number of rotatable bonds is 6. The first-order chi connectivity index (χ1) is 14.7. The number of carbonyl (C=O) groups excluding carboxylic acids is 1. The zero-order chi connectivity index (χ0) is 20.8. The highest BCUT2D eigenvalue weighted by Crippen LogP contribution is 2.23. The molecule has 0 aliphatic carbocycles. The van der Waals surface area contributed by atoms with Gasteiger partial charge in [0.15, 0.2) is 0 Å². The van der Waals surface area contributed by atoms with Crippen molar-refractivity contribution in [2.24, 2.45) is 5.92 Å². The van der Waals surface area contributed by atoms with E-state index in [0.29, 0.717) is 31.4 Å². The van der Waals surface area contributed by atoms with E-state index in [0.717, 1.165) is 43.9 Å². The Hall–Kier alpha value is -2.48. The molecule has 0 bridgehead atoms. The summed E-state index contributed by atoms with van der Waals surface area (Å²) in [4.78, 5) is 25.8. The summed E-state index contributed by atoms with van der Waals surface area (Å²) in [6, 6.07) is 4.06. The Labute approximate surface area is 177 Å². The molecule has 4 rings (SSSR count). The van der Waals surface area contributed by atoms with Crippen LogP contribution in [0.15, 0.2) is 22.9 Å². The second-order valence-corrected chi connectivity index (χ2v) is 8.14. The summed E-state index contributed by atoms with van der Waals surface area (Å²) in [5, 5.41) is 4.13. The number of pyridine rings is 1. The van der Waals surface area contributed by atoms with E-state index in [-0.39, 0.29) is 11.9 Å². The topological polar surface area (TPSA) is 84.6 Å². The first kappa shape index (κ1) is 20.8. The number of anilines is 1. The summed E-state index contributed by atoms with van der Waals surface area (Å²) < 4.78 is 10.6. The monoisotopic (exact) mass is 413 g/mol. The Morgan fingerprint density at radius 2 is 2.00 bits per heavy atom. The number of nitrogens with zero attached hydrogens (tertiary/aromatic N) is 5. The highest BCUT2D eigenvalue weighted by atomic mass is 16.5. The van der Waals surface area contributed by atoms with Gasteiger partial charge in [0, 0.05) is 31.4 Å². The third-order valence-electron chi connectivity index (χ3n) is 5.89. The molecule has 162 valence electrons. The molecular weight excluding hydrogens is 382 g/mol. The lowest BCUT2D eigenvalue weighted by molar-refractivity contribution is -0.150. The molecule has 2 aromatic heterocycles. The first-order valence-corrected chi connectivity index (χ1v) is 11.2.